The third-order valence-electron chi connectivity index (χ3n) is 2.85. The molecular weight excluding hydrogens is 184 g/mol. The van der Waals surface area contributed by atoms with Gasteiger partial charge in [0, 0.05) is 6.54 Å². The van der Waals surface area contributed by atoms with Crippen LogP contribution in [0.2, 0.25) is 0 Å². The first kappa shape index (κ1) is 9.49. The second kappa shape index (κ2) is 3.59. The Morgan fingerprint density at radius 3 is 3.15 bits per heavy atom. The number of likely N-dealkylation sites (N-methyl/N-ethyl adjacent to an activating group) is 1. The Morgan fingerprint density at radius 1 is 1.69 bits per heavy atom. The van der Waals surface area contributed by atoms with Gasteiger partial charge < -0.3 is 4.90 Å². The van der Waals surface area contributed by atoms with Gasteiger partial charge in [0.15, 0.2) is 0 Å². The van der Waals surface area contributed by atoms with E-state index in [0.717, 1.165) is 19.5 Å². The van der Waals surface area contributed by atoms with Gasteiger partial charge in [-0.05, 0) is 25.9 Å². The summed E-state index contributed by atoms with van der Waals surface area (Å²) >= 11 is 1.52. The molecule has 3 nitrogen and oxygen atoms in total. The van der Waals surface area contributed by atoms with Crippen molar-refractivity contribution in [1.82, 2.24) is 10.2 Å². The van der Waals surface area contributed by atoms with Crippen molar-refractivity contribution < 1.29 is 4.79 Å². The molecule has 0 aromatic heterocycles. The van der Waals surface area contributed by atoms with Crippen LogP contribution in [0.5, 0.6) is 0 Å². The van der Waals surface area contributed by atoms with E-state index in [1.807, 2.05) is 0 Å². The maximum absolute atomic E-state index is 11.2. The summed E-state index contributed by atoms with van der Waals surface area (Å²) in [5.41, 5.74) is 0. The summed E-state index contributed by atoms with van der Waals surface area (Å²) in [4.78, 5) is 13.7. The van der Waals surface area contributed by atoms with Crippen LogP contribution in [0.25, 0.3) is 0 Å². The molecule has 1 atom stereocenters. The lowest BCUT2D eigenvalue weighted by Gasteiger charge is -2.38. The SMILES string of the molecule is CCN1CCCC2(C1)NCC(=O)S2. The summed E-state index contributed by atoms with van der Waals surface area (Å²) in [5, 5.41) is 3.66. The molecule has 0 radical (unpaired) electrons. The summed E-state index contributed by atoms with van der Waals surface area (Å²) in [6, 6.07) is 0. The normalized spacial score (nSPS) is 35.9. The highest BCUT2D eigenvalue weighted by atomic mass is 32.2. The first-order valence-electron chi connectivity index (χ1n) is 4.93. The molecule has 0 amide bonds. The number of hydrogen-bond donors (Lipinski definition) is 1. The molecule has 4 heteroatoms. The third-order valence-corrected chi connectivity index (χ3v) is 4.09. The molecule has 1 unspecified atom stereocenters. The van der Waals surface area contributed by atoms with Gasteiger partial charge in [-0.2, -0.15) is 0 Å². The van der Waals surface area contributed by atoms with Crippen LogP contribution in [-0.2, 0) is 4.79 Å². The first-order valence-corrected chi connectivity index (χ1v) is 5.75. The standard InChI is InChI=1S/C9H16N2OS/c1-2-11-5-3-4-9(7-11)10-6-8(12)13-9/h10H,2-7H2,1H3. The largest absolute Gasteiger partial charge is 0.301 e. The van der Waals surface area contributed by atoms with Gasteiger partial charge in [0.05, 0.1) is 11.4 Å². The van der Waals surface area contributed by atoms with Gasteiger partial charge in [-0.3, -0.25) is 10.1 Å². The van der Waals surface area contributed by atoms with Gasteiger partial charge in [-0.25, -0.2) is 0 Å². The Morgan fingerprint density at radius 2 is 2.54 bits per heavy atom. The summed E-state index contributed by atoms with van der Waals surface area (Å²) in [5.74, 6) is 0. The van der Waals surface area contributed by atoms with E-state index >= 15 is 0 Å². The lowest BCUT2D eigenvalue weighted by molar-refractivity contribution is -0.109. The lowest BCUT2D eigenvalue weighted by atomic mass is 10.1. The molecule has 2 fully saturated rings. The second-order valence-corrected chi connectivity index (χ2v) is 5.24. The van der Waals surface area contributed by atoms with Crippen LogP contribution in [0, 0.1) is 0 Å². The number of rotatable bonds is 1. The molecule has 13 heavy (non-hydrogen) atoms. The molecule has 0 aliphatic carbocycles. The van der Waals surface area contributed by atoms with E-state index < -0.39 is 0 Å². The van der Waals surface area contributed by atoms with Crippen molar-refractivity contribution in [2.75, 3.05) is 26.2 Å². The van der Waals surface area contributed by atoms with Crippen LogP contribution >= 0.6 is 11.8 Å². The highest BCUT2D eigenvalue weighted by Crippen LogP contribution is 2.36. The van der Waals surface area contributed by atoms with E-state index in [1.54, 1.807) is 0 Å². The minimum absolute atomic E-state index is 0.0609. The topological polar surface area (TPSA) is 32.3 Å². The third kappa shape index (κ3) is 1.90. The zero-order valence-electron chi connectivity index (χ0n) is 8.01. The van der Waals surface area contributed by atoms with Crippen molar-refractivity contribution in [1.29, 1.82) is 0 Å². The molecule has 2 aliphatic heterocycles. The molecule has 0 aromatic carbocycles. The predicted octanol–water partition coefficient (Wildman–Crippen LogP) is 0.661. The van der Waals surface area contributed by atoms with Gasteiger partial charge in [0.2, 0.25) is 5.12 Å². The van der Waals surface area contributed by atoms with E-state index in [1.165, 1.54) is 24.7 Å². The van der Waals surface area contributed by atoms with Gasteiger partial charge in [0.1, 0.15) is 0 Å². The second-order valence-electron chi connectivity index (χ2n) is 3.79. The fourth-order valence-electron chi connectivity index (χ4n) is 2.13. The van der Waals surface area contributed by atoms with E-state index in [-0.39, 0.29) is 4.87 Å². The van der Waals surface area contributed by atoms with Crippen LogP contribution in [0.1, 0.15) is 19.8 Å². The molecule has 0 bridgehead atoms. The molecule has 2 saturated heterocycles. The van der Waals surface area contributed by atoms with Crippen molar-refractivity contribution in [2.24, 2.45) is 0 Å². The Hall–Kier alpha value is -0.0600. The molecule has 0 saturated carbocycles. The van der Waals surface area contributed by atoms with Crippen LogP contribution in [0.4, 0.5) is 0 Å². The van der Waals surface area contributed by atoms with E-state index in [9.17, 15) is 4.79 Å². The van der Waals surface area contributed by atoms with Gasteiger partial charge >= 0.3 is 0 Å². The molecule has 2 rings (SSSR count). The fraction of sp³-hybridized carbons (Fsp3) is 0.889. The van der Waals surface area contributed by atoms with E-state index in [0.29, 0.717) is 11.7 Å². The minimum atomic E-state index is 0.0609. The molecule has 0 aromatic rings. The monoisotopic (exact) mass is 200 g/mol. The number of piperidine rings is 1. The quantitative estimate of drug-likeness (QED) is 0.674. The van der Waals surface area contributed by atoms with Gasteiger partial charge in [-0.15, -0.1) is 0 Å². The smallest absolute Gasteiger partial charge is 0.204 e. The number of hydrogen-bond acceptors (Lipinski definition) is 4. The summed E-state index contributed by atoms with van der Waals surface area (Å²) in [7, 11) is 0. The minimum Gasteiger partial charge on any atom is -0.301 e. The Balaban J connectivity index is 2.02. The summed E-state index contributed by atoms with van der Waals surface area (Å²) < 4.78 is 0. The van der Waals surface area contributed by atoms with E-state index in [4.69, 9.17) is 0 Å². The Labute approximate surface area is 83.2 Å². The zero-order chi connectivity index (χ0) is 9.31. The number of likely N-dealkylation sites (tertiary alicyclic amines) is 1. The lowest BCUT2D eigenvalue weighted by Crippen LogP contribution is -2.51. The van der Waals surface area contributed by atoms with Crippen molar-refractivity contribution >= 4 is 16.9 Å². The van der Waals surface area contributed by atoms with Crippen molar-refractivity contribution in [3.05, 3.63) is 0 Å². The number of thioether (sulfide) groups is 1. The molecule has 2 heterocycles. The number of nitrogens with one attached hydrogen (secondary N) is 1. The van der Waals surface area contributed by atoms with Crippen LogP contribution in [0.3, 0.4) is 0 Å². The van der Waals surface area contributed by atoms with Crippen molar-refractivity contribution in [3.63, 3.8) is 0 Å². The number of carbonyl (C=O) groups is 1. The first-order chi connectivity index (χ1) is 6.24. The highest BCUT2D eigenvalue weighted by molar-refractivity contribution is 8.15. The molecular formula is C9H16N2OS. The van der Waals surface area contributed by atoms with Gasteiger partial charge in [-0.1, -0.05) is 18.7 Å². The Kier molecular flexibility index (Phi) is 2.62. The predicted molar refractivity (Wildman–Crippen MR) is 54.7 cm³/mol. The van der Waals surface area contributed by atoms with Crippen LogP contribution in [0.15, 0.2) is 0 Å². The number of carbonyl (C=O) groups excluding carboxylic acids is 1. The maximum atomic E-state index is 11.2. The van der Waals surface area contributed by atoms with E-state index in [2.05, 4.69) is 17.1 Å². The van der Waals surface area contributed by atoms with Crippen molar-refractivity contribution in [2.45, 2.75) is 24.6 Å². The average molecular weight is 200 g/mol. The molecule has 1 N–H and O–H groups in total. The molecule has 2 aliphatic rings. The fourth-order valence-corrected chi connectivity index (χ4v) is 3.35. The Bertz CT molecular complexity index is 222. The van der Waals surface area contributed by atoms with Crippen LogP contribution in [-0.4, -0.2) is 41.1 Å². The van der Waals surface area contributed by atoms with Crippen molar-refractivity contribution in [3.8, 4) is 0 Å². The zero-order valence-corrected chi connectivity index (χ0v) is 8.82. The highest BCUT2D eigenvalue weighted by Gasteiger charge is 2.41. The summed E-state index contributed by atoms with van der Waals surface area (Å²) in [6.07, 6.45) is 2.35. The summed E-state index contributed by atoms with van der Waals surface area (Å²) in [6.45, 7) is 6.05. The maximum Gasteiger partial charge on any atom is 0.204 e. The van der Waals surface area contributed by atoms with Gasteiger partial charge in [0.25, 0.3) is 0 Å². The average Bonchev–Trinajstić information content (AvgIpc) is 2.47. The molecule has 1 spiro atoms. The molecule has 74 valence electrons. The van der Waals surface area contributed by atoms with Crippen LogP contribution < -0.4 is 5.32 Å². The number of nitrogens with zero attached hydrogens (tertiary/aromatic N) is 1.